The van der Waals surface area contributed by atoms with Crippen molar-refractivity contribution >= 4 is 23.2 Å². The molecule has 27 heavy (non-hydrogen) atoms. The monoisotopic (exact) mass is 386 g/mol. The Bertz CT molecular complexity index is 773. The largest absolute Gasteiger partial charge is 0.389 e. The lowest BCUT2D eigenvalue weighted by atomic mass is 9.79. The summed E-state index contributed by atoms with van der Waals surface area (Å²) in [5, 5.41) is 14.8. The van der Waals surface area contributed by atoms with Crippen LogP contribution in [-0.4, -0.2) is 34.6 Å². The number of hydrogen-bond donors (Lipinski definition) is 2. The summed E-state index contributed by atoms with van der Waals surface area (Å²) in [6.07, 6.45) is 1.12. The van der Waals surface area contributed by atoms with Crippen molar-refractivity contribution in [2.24, 2.45) is 5.92 Å². The van der Waals surface area contributed by atoms with Crippen LogP contribution in [-0.2, 0) is 4.79 Å². The smallest absolute Gasteiger partial charge is 0.230 e. The maximum absolute atomic E-state index is 12.6. The molecule has 1 amide bonds. The minimum Gasteiger partial charge on any atom is -0.389 e. The van der Waals surface area contributed by atoms with Crippen LogP contribution in [0.5, 0.6) is 0 Å². The van der Waals surface area contributed by atoms with Crippen LogP contribution in [0, 0.1) is 5.92 Å². The second-order valence-electron chi connectivity index (χ2n) is 7.41. The number of carbonyl (C=O) groups excluding carboxylic acids is 1. The number of aliphatic hydroxyl groups is 1. The fourth-order valence-corrected chi connectivity index (χ4v) is 4.05. The first kappa shape index (κ1) is 19.9. The van der Waals surface area contributed by atoms with Crippen LogP contribution in [0.2, 0.25) is 5.02 Å². The molecule has 144 valence electrons. The van der Waals surface area contributed by atoms with Gasteiger partial charge in [-0.3, -0.25) is 9.69 Å². The molecule has 5 heteroatoms. The van der Waals surface area contributed by atoms with Gasteiger partial charge in [-0.25, -0.2) is 0 Å². The molecule has 0 aliphatic carbocycles. The van der Waals surface area contributed by atoms with Crippen molar-refractivity contribution in [1.29, 1.82) is 0 Å². The van der Waals surface area contributed by atoms with E-state index in [1.165, 1.54) is 0 Å². The Balaban J connectivity index is 1.61. The maximum Gasteiger partial charge on any atom is 0.230 e. The highest BCUT2D eigenvalue weighted by Crippen LogP contribution is 2.35. The SMILES string of the molecule is CC(c1ccccc1Cl)N1CCC(O)(C(C)C(=O)Nc2ccccc2)CC1. The molecule has 2 unspecified atom stereocenters. The zero-order chi connectivity index (χ0) is 19.4. The molecule has 1 aliphatic rings. The fraction of sp³-hybridized carbons (Fsp3) is 0.409. The molecule has 2 atom stereocenters. The van der Waals surface area contributed by atoms with Gasteiger partial charge in [0.1, 0.15) is 0 Å². The number of carbonyl (C=O) groups is 1. The summed E-state index contributed by atoms with van der Waals surface area (Å²) in [4.78, 5) is 14.9. The van der Waals surface area contributed by atoms with E-state index in [4.69, 9.17) is 11.6 Å². The molecule has 1 fully saturated rings. The third kappa shape index (κ3) is 4.52. The number of likely N-dealkylation sites (tertiary alicyclic amines) is 1. The number of hydrogen-bond acceptors (Lipinski definition) is 3. The van der Waals surface area contributed by atoms with Crippen molar-refractivity contribution < 1.29 is 9.90 Å². The van der Waals surface area contributed by atoms with Gasteiger partial charge in [-0.15, -0.1) is 0 Å². The van der Waals surface area contributed by atoms with E-state index in [1.807, 2.05) is 61.5 Å². The van der Waals surface area contributed by atoms with E-state index in [9.17, 15) is 9.90 Å². The standard InChI is InChI=1S/C22H27ClN2O2/c1-16(21(26)24-18-8-4-3-5-9-18)22(27)12-14-25(15-13-22)17(2)19-10-6-7-11-20(19)23/h3-11,16-17,27H,12-15H2,1-2H3,(H,24,26). The fourth-order valence-electron chi connectivity index (χ4n) is 3.76. The molecule has 2 aromatic carbocycles. The summed E-state index contributed by atoms with van der Waals surface area (Å²) in [6.45, 7) is 5.40. The van der Waals surface area contributed by atoms with Crippen LogP contribution in [0.3, 0.4) is 0 Å². The van der Waals surface area contributed by atoms with Crippen LogP contribution in [0.1, 0.15) is 38.3 Å². The first-order chi connectivity index (χ1) is 12.9. The van der Waals surface area contributed by atoms with Gasteiger partial charge >= 0.3 is 0 Å². The molecule has 0 radical (unpaired) electrons. The summed E-state index contributed by atoms with van der Waals surface area (Å²) in [5.74, 6) is -0.619. The van der Waals surface area contributed by atoms with E-state index < -0.39 is 11.5 Å². The van der Waals surface area contributed by atoms with Gasteiger partial charge < -0.3 is 10.4 Å². The third-order valence-corrected chi connectivity index (χ3v) is 6.15. The predicted molar refractivity (Wildman–Crippen MR) is 110 cm³/mol. The van der Waals surface area contributed by atoms with Gasteiger partial charge in [0.05, 0.1) is 11.5 Å². The Labute approximate surface area is 166 Å². The molecular formula is C22H27ClN2O2. The number of rotatable bonds is 5. The van der Waals surface area contributed by atoms with Crippen LogP contribution >= 0.6 is 11.6 Å². The van der Waals surface area contributed by atoms with Crippen molar-refractivity contribution in [2.45, 2.75) is 38.3 Å². The van der Waals surface area contributed by atoms with Gasteiger partial charge in [-0.1, -0.05) is 54.9 Å². The highest BCUT2D eigenvalue weighted by atomic mass is 35.5. The average molecular weight is 387 g/mol. The van der Waals surface area contributed by atoms with E-state index in [-0.39, 0.29) is 11.9 Å². The Hall–Kier alpha value is -1.88. The van der Waals surface area contributed by atoms with Crippen molar-refractivity contribution in [1.82, 2.24) is 4.90 Å². The van der Waals surface area contributed by atoms with Gasteiger partial charge in [0.25, 0.3) is 0 Å². The van der Waals surface area contributed by atoms with Gasteiger partial charge in [-0.05, 0) is 43.5 Å². The zero-order valence-corrected chi connectivity index (χ0v) is 16.6. The second-order valence-corrected chi connectivity index (χ2v) is 7.82. The molecule has 0 saturated carbocycles. The maximum atomic E-state index is 12.6. The normalized spacial score (nSPS) is 19.3. The molecular weight excluding hydrogens is 360 g/mol. The summed E-state index contributed by atoms with van der Waals surface area (Å²) in [6, 6.07) is 17.4. The Kier molecular flexibility index (Phi) is 6.20. The minimum atomic E-state index is -0.991. The summed E-state index contributed by atoms with van der Waals surface area (Å²) < 4.78 is 0. The molecule has 3 rings (SSSR count). The first-order valence-electron chi connectivity index (χ1n) is 9.47. The van der Waals surface area contributed by atoms with Crippen molar-refractivity contribution in [2.75, 3.05) is 18.4 Å². The number of benzene rings is 2. The van der Waals surface area contributed by atoms with Crippen molar-refractivity contribution in [3.63, 3.8) is 0 Å². The van der Waals surface area contributed by atoms with Gasteiger partial charge in [0.15, 0.2) is 0 Å². The highest BCUT2D eigenvalue weighted by Gasteiger charge is 2.41. The summed E-state index contributed by atoms with van der Waals surface area (Å²) in [7, 11) is 0. The molecule has 4 nitrogen and oxygen atoms in total. The number of piperidine rings is 1. The lowest BCUT2D eigenvalue weighted by Crippen LogP contribution is -2.51. The predicted octanol–water partition coefficient (Wildman–Crippen LogP) is 4.50. The Morgan fingerprint density at radius 3 is 2.30 bits per heavy atom. The third-order valence-electron chi connectivity index (χ3n) is 5.81. The van der Waals surface area contributed by atoms with E-state index in [1.54, 1.807) is 0 Å². The molecule has 1 aliphatic heterocycles. The van der Waals surface area contributed by atoms with E-state index in [2.05, 4.69) is 17.1 Å². The van der Waals surface area contributed by atoms with Crippen LogP contribution in [0.4, 0.5) is 5.69 Å². The second kappa shape index (κ2) is 8.42. The number of amides is 1. The minimum absolute atomic E-state index is 0.142. The average Bonchev–Trinajstić information content (AvgIpc) is 2.68. The molecule has 0 aromatic heterocycles. The number of nitrogens with zero attached hydrogens (tertiary/aromatic N) is 1. The molecule has 1 heterocycles. The van der Waals surface area contributed by atoms with Crippen molar-refractivity contribution in [3.05, 3.63) is 65.2 Å². The van der Waals surface area contributed by atoms with E-state index >= 15 is 0 Å². The zero-order valence-electron chi connectivity index (χ0n) is 15.9. The molecule has 2 aromatic rings. The summed E-state index contributed by atoms with van der Waals surface area (Å²) >= 11 is 6.33. The molecule has 2 N–H and O–H groups in total. The van der Waals surface area contributed by atoms with Crippen molar-refractivity contribution in [3.8, 4) is 0 Å². The van der Waals surface area contributed by atoms with Crippen LogP contribution in [0.15, 0.2) is 54.6 Å². The summed E-state index contributed by atoms with van der Waals surface area (Å²) in [5.41, 5.74) is 0.859. The van der Waals surface area contributed by atoms with Gasteiger partial charge in [0.2, 0.25) is 5.91 Å². The van der Waals surface area contributed by atoms with Crippen LogP contribution in [0.25, 0.3) is 0 Å². The lowest BCUT2D eigenvalue weighted by Gasteiger charge is -2.43. The van der Waals surface area contributed by atoms with E-state index in [0.717, 1.165) is 29.4 Å². The Morgan fingerprint density at radius 2 is 1.67 bits per heavy atom. The topological polar surface area (TPSA) is 52.6 Å². The number of nitrogens with one attached hydrogen (secondary N) is 1. The molecule has 0 bridgehead atoms. The van der Waals surface area contributed by atoms with E-state index in [0.29, 0.717) is 12.8 Å². The number of halogens is 1. The van der Waals surface area contributed by atoms with Gasteiger partial charge in [-0.2, -0.15) is 0 Å². The number of anilines is 1. The Morgan fingerprint density at radius 1 is 1.07 bits per heavy atom. The highest BCUT2D eigenvalue weighted by molar-refractivity contribution is 6.31. The van der Waals surface area contributed by atoms with Gasteiger partial charge in [0, 0.05) is 29.8 Å². The molecule has 1 saturated heterocycles. The number of para-hydroxylation sites is 1. The molecule has 0 spiro atoms. The first-order valence-corrected chi connectivity index (χ1v) is 9.85. The quantitative estimate of drug-likeness (QED) is 0.795. The van der Waals surface area contributed by atoms with Crippen LogP contribution < -0.4 is 5.32 Å². The lowest BCUT2D eigenvalue weighted by molar-refractivity contribution is -0.133.